The first-order chi connectivity index (χ1) is 8.79. The molecule has 0 spiro atoms. The molecule has 1 aromatic heterocycles. The van der Waals surface area contributed by atoms with Crippen LogP contribution in [0, 0.1) is 0 Å². The van der Waals surface area contributed by atoms with Crippen molar-refractivity contribution in [2.24, 2.45) is 7.05 Å². The van der Waals surface area contributed by atoms with Crippen LogP contribution in [-0.4, -0.2) is 22.1 Å². The molecule has 4 heteroatoms. The van der Waals surface area contributed by atoms with Crippen LogP contribution < -0.4 is 5.46 Å². The molecule has 0 amide bonds. The summed E-state index contributed by atoms with van der Waals surface area (Å²) in [4.78, 5) is 4.64. The highest BCUT2D eigenvalue weighted by molar-refractivity contribution is 6.45. The standard InChI is InChI=1S/C14H13BN2O/c1-17-13-5-3-2-4-12(13)16-14(17)10-6-8-11(15-18)9-7-10/h2-9,15,18H,1H3. The Balaban J connectivity index is 2.15. The molecule has 0 saturated heterocycles. The van der Waals surface area contributed by atoms with E-state index in [4.69, 9.17) is 5.02 Å². The van der Waals surface area contributed by atoms with E-state index in [1.54, 1.807) is 0 Å². The lowest BCUT2D eigenvalue weighted by atomic mass is 9.88. The zero-order chi connectivity index (χ0) is 12.5. The smallest absolute Gasteiger partial charge is 0.304 e. The average Bonchev–Trinajstić information content (AvgIpc) is 2.77. The van der Waals surface area contributed by atoms with Gasteiger partial charge in [-0.1, -0.05) is 41.9 Å². The van der Waals surface area contributed by atoms with Crippen LogP contribution in [0.4, 0.5) is 0 Å². The molecule has 1 N–H and O–H groups in total. The number of fused-ring (bicyclic) bond motifs is 1. The highest BCUT2D eigenvalue weighted by Crippen LogP contribution is 2.22. The lowest BCUT2D eigenvalue weighted by Gasteiger charge is -2.03. The van der Waals surface area contributed by atoms with Crippen LogP contribution in [0.25, 0.3) is 22.4 Å². The van der Waals surface area contributed by atoms with Crippen LogP contribution in [0.3, 0.4) is 0 Å². The van der Waals surface area contributed by atoms with Crippen LogP contribution in [-0.2, 0) is 7.05 Å². The molecule has 1 heterocycles. The molecule has 3 aromatic rings. The van der Waals surface area contributed by atoms with Gasteiger partial charge < -0.3 is 9.59 Å². The summed E-state index contributed by atoms with van der Waals surface area (Å²) >= 11 is 0. The van der Waals surface area contributed by atoms with Gasteiger partial charge in [0.2, 0.25) is 0 Å². The van der Waals surface area contributed by atoms with E-state index in [1.165, 1.54) is 0 Å². The highest BCUT2D eigenvalue weighted by Gasteiger charge is 2.08. The summed E-state index contributed by atoms with van der Waals surface area (Å²) in [5, 5.41) is 9.05. The zero-order valence-electron chi connectivity index (χ0n) is 10.2. The Morgan fingerprint density at radius 3 is 2.44 bits per heavy atom. The third kappa shape index (κ3) is 1.71. The minimum Gasteiger partial charge on any atom is -0.449 e. The van der Waals surface area contributed by atoms with Gasteiger partial charge in [-0.05, 0) is 12.1 Å². The summed E-state index contributed by atoms with van der Waals surface area (Å²) in [5.74, 6) is 0.945. The van der Waals surface area contributed by atoms with E-state index in [-0.39, 0.29) is 7.48 Å². The lowest BCUT2D eigenvalue weighted by Crippen LogP contribution is -2.12. The molecule has 0 radical (unpaired) electrons. The molecule has 3 nitrogen and oxygen atoms in total. The second-order valence-corrected chi connectivity index (χ2v) is 4.34. The van der Waals surface area contributed by atoms with Gasteiger partial charge in [0, 0.05) is 12.6 Å². The molecule has 0 saturated carbocycles. The molecule has 0 aliphatic carbocycles. The summed E-state index contributed by atoms with van der Waals surface area (Å²) in [5.41, 5.74) is 4.10. The van der Waals surface area contributed by atoms with Crippen molar-refractivity contribution in [1.82, 2.24) is 9.55 Å². The number of benzene rings is 2. The molecule has 0 unspecified atom stereocenters. The van der Waals surface area contributed by atoms with E-state index in [2.05, 4.69) is 15.6 Å². The van der Waals surface area contributed by atoms with Gasteiger partial charge in [-0.3, -0.25) is 0 Å². The zero-order valence-corrected chi connectivity index (χ0v) is 10.2. The van der Waals surface area contributed by atoms with E-state index in [9.17, 15) is 0 Å². The van der Waals surface area contributed by atoms with Crippen molar-refractivity contribution in [3.8, 4) is 11.4 Å². The Morgan fingerprint density at radius 2 is 1.78 bits per heavy atom. The molecule has 0 aliphatic rings. The minimum absolute atomic E-state index is 0.0722. The predicted molar refractivity (Wildman–Crippen MR) is 75.2 cm³/mol. The highest BCUT2D eigenvalue weighted by atomic mass is 16.2. The van der Waals surface area contributed by atoms with Crippen LogP contribution in [0.1, 0.15) is 0 Å². The number of para-hydroxylation sites is 2. The summed E-state index contributed by atoms with van der Waals surface area (Å²) in [6, 6.07) is 15.9. The second-order valence-electron chi connectivity index (χ2n) is 4.34. The number of hydrogen-bond acceptors (Lipinski definition) is 2. The fourth-order valence-corrected chi connectivity index (χ4v) is 2.16. The largest absolute Gasteiger partial charge is 0.449 e. The van der Waals surface area contributed by atoms with Gasteiger partial charge in [-0.25, -0.2) is 4.98 Å². The first-order valence-electron chi connectivity index (χ1n) is 5.91. The fourth-order valence-electron chi connectivity index (χ4n) is 2.16. The lowest BCUT2D eigenvalue weighted by molar-refractivity contribution is 0.615. The predicted octanol–water partition coefficient (Wildman–Crippen LogP) is 1.21. The normalized spacial score (nSPS) is 10.8. The van der Waals surface area contributed by atoms with Crippen molar-refractivity contribution in [2.45, 2.75) is 0 Å². The maximum Gasteiger partial charge on any atom is 0.304 e. The van der Waals surface area contributed by atoms with Gasteiger partial charge in [-0.15, -0.1) is 0 Å². The first-order valence-corrected chi connectivity index (χ1v) is 5.91. The Kier molecular flexibility index (Phi) is 2.65. The molecule has 0 bridgehead atoms. The van der Waals surface area contributed by atoms with Crippen molar-refractivity contribution >= 4 is 24.0 Å². The monoisotopic (exact) mass is 236 g/mol. The summed E-state index contributed by atoms with van der Waals surface area (Å²) in [6.07, 6.45) is 0. The van der Waals surface area contributed by atoms with Gasteiger partial charge in [0.25, 0.3) is 0 Å². The number of aryl methyl sites for hydroxylation is 1. The summed E-state index contributed by atoms with van der Waals surface area (Å²) < 4.78 is 2.09. The van der Waals surface area contributed by atoms with Crippen LogP contribution in [0.5, 0.6) is 0 Å². The third-order valence-electron chi connectivity index (χ3n) is 3.18. The Hall–Kier alpha value is -2.07. The Bertz CT molecular complexity index is 689. The molecule has 2 aromatic carbocycles. The second kappa shape index (κ2) is 4.31. The molecule has 0 atom stereocenters. The maximum atomic E-state index is 9.05. The van der Waals surface area contributed by atoms with Crippen molar-refractivity contribution in [1.29, 1.82) is 0 Å². The van der Waals surface area contributed by atoms with Crippen molar-refractivity contribution in [3.05, 3.63) is 48.5 Å². The van der Waals surface area contributed by atoms with Crippen LogP contribution in [0.2, 0.25) is 0 Å². The fraction of sp³-hybridized carbons (Fsp3) is 0.0714. The number of rotatable bonds is 2. The number of imidazole rings is 1. The molecule has 18 heavy (non-hydrogen) atoms. The molecule has 0 aliphatic heterocycles. The Morgan fingerprint density at radius 1 is 1.06 bits per heavy atom. The van der Waals surface area contributed by atoms with Gasteiger partial charge in [0.1, 0.15) is 5.82 Å². The van der Waals surface area contributed by atoms with Crippen molar-refractivity contribution < 1.29 is 5.02 Å². The van der Waals surface area contributed by atoms with Crippen molar-refractivity contribution in [3.63, 3.8) is 0 Å². The molecule has 3 rings (SSSR count). The molecular weight excluding hydrogens is 223 g/mol. The molecule has 0 fully saturated rings. The van der Waals surface area contributed by atoms with Gasteiger partial charge in [-0.2, -0.15) is 0 Å². The van der Waals surface area contributed by atoms with Gasteiger partial charge >= 0.3 is 7.48 Å². The van der Waals surface area contributed by atoms with Crippen LogP contribution in [0.15, 0.2) is 48.5 Å². The maximum absolute atomic E-state index is 9.05. The summed E-state index contributed by atoms with van der Waals surface area (Å²) in [6.45, 7) is 0. The summed E-state index contributed by atoms with van der Waals surface area (Å²) in [7, 11) is 2.09. The van der Waals surface area contributed by atoms with Gasteiger partial charge in [0.05, 0.1) is 11.0 Å². The van der Waals surface area contributed by atoms with E-state index >= 15 is 0 Å². The number of hydrogen-bond donors (Lipinski definition) is 1. The van der Waals surface area contributed by atoms with E-state index in [1.807, 2.05) is 49.5 Å². The Labute approximate surface area is 106 Å². The molecule has 88 valence electrons. The molecular formula is C14H13BN2O. The minimum atomic E-state index is 0.0722. The van der Waals surface area contributed by atoms with E-state index < -0.39 is 0 Å². The van der Waals surface area contributed by atoms with Crippen LogP contribution >= 0.6 is 0 Å². The quantitative estimate of drug-likeness (QED) is 0.679. The first kappa shape index (κ1) is 11.0. The van der Waals surface area contributed by atoms with Gasteiger partial charge in [0.15, 0.2) is 0 Å². The average molecular weight is 236 g/mol. The third-order valence-corrected chi connectivity index (χ3v) is 3.18. The van der Waals surface area contributed by atoms with E-state index in [0.717, 1.165) is 27.9 Å². The van der Waals surface area contributed by atoms with E-state index in [0.29, 0.717) is 0 Å². The topological polar surface area (TPSA) is 38.0 Å². The SMILES string of the molecule is Cn1c(-c2ccc(BO)cc2)nc2ccccc21. The number of nitrogens with zero attached hydrogens (tertiary/aromatic N) is 2. The van der Waals surface area contributed by atoms with Crippen molar-refractivity contribution in [2.75, 3.05) is 0 Å². The number of aromatic nitrogens is 2.